The second-order valence-corrected chi connectivity index (χ2v) is 6.41. The summed E-state index contributed by atoms with van der Waals surface area (Å²) >= 11 is 18.7. The molecule has 0 aliphatic heterocycles. The molecule has 0 amide bonds. The molecule has 1 unspecified atom stereocenters. The Morgan fingerprint density at radius 1 is 1.14 bits per heavy atom. The number of para-hydroxylation sites is 1. The van der Waals surface area contributed by atoms with Gasteiger partial charge in [-0.1, -0.05) is 41.4 Å². The summed E-state index contributed by atoms with van der Waals surface area (Å²) in [6.45, 7) is 2.54. The smallest absolute Gasteiger partial charge is 0.128 e. The highest BCUT2D eigenvalue weighted by Gasteiger charge is 2.17. The second kappa shape index (κ2) is 5.88. The summed E-state index contributed by atoms with van der Waals surface area (Å²) in [5, 5.41) is 1.18. The molecule has 0 aliphatic rings. The van der Waals surface area contributed by atoms with Crippen molar-refractivity contribution in [1.82, 2.24) is 9.55 Å². The van der Waals surface area contributed by atoms with Crippen molar-refractivity contribution in [3.63, 3.8) is 0 Å². The molecule has 108 valence electrons. The number of rotatable bonds is 3. The molecule has 0 saturated carbocycles. The highest BCUT2D eigenvalue weighted by Crippen LogP contribution is 2.30. The fourth-order valence-corrected chi connectivity index (χ4v) is 3.09. The maximum absolute atomic E-state index is 6.35. The normalized spacial score (nSPS) is 12.8. The van der Waals surface area contributed by atoms with Crippen LogP contribution in [0.25, 0.3) is 11.0 Å². The number of benzene rings is 2. The SMILES string of the molecule is CC(Cl)c1nc2cccc(Cl)c2n1Cc1cccc(Cl)c1. The van der Waals surface area contributed by atoms with E-state index < -0.39 is 0 Å². The van der Waals surface area contributed by atoms with Crippen molar-refractivity contribution in [2.45, 2.75) is 18.8 Å². The standard InChI is InChI=1S/C16H13Cl3N2/c1-10(17)16-20-14-7-3-6-13(19)15(14)21(16)9-11-4-2-5-12(18)8-11/h2-8,10H,9H2,1H3. The van der Waals surface area contributed by atoms with Gasteiger partial charge in [-0.25, -0.2) is 4.98 Å². The molecule has 0 fully saturated rings. The van der Waals surface area contributed by atoms with Crippen LogP contribution in [0, 0.1) is 0 Å². The summed E-state index contributed by atoms with van der Waals surface area (Å²) in [4.78, 5) is 4.61. The van der Waals surface area contributed by atoms with Crippen molar-refractivity contribution in [1.29, 1.82) is 0 Å². The molecule has 5 heteroatoms. The maximum atomic E-state index is 6.35. The molecule has 3 rings (SSSR count). The maximum Gasteiger partial charge on any atom is 0.128 e. The minimum atomic E-state index is -0.201. The Morgan fingerprint density at radius 2 is 1.90 bits per heavy atom. The van der Waals surface area contributed by atoms with Crippen LogP contribution in [0.1, 0.15) is 23.7 Å². The number of aromatic nitrogens is 2. The van der Waals surface area contributed by atoms with Gasteiger partial charge in [0.15, 0.2) is 0 Å². The van der Waals surface area contributed by atoms with Crippen molar-refractivity contribution in [3.8, 4) is 0 Å². The van der Waals surface area contributed by atoms with Gasteiger partial charge < -0.3 is 4.57 Å². The van der Waals surface area contributed by atoms with Gasteiger partial charge >= 0.3 is 0 Å². The third-order valence-electron chi connectivity index (χ3n) is 3.33. The van der Waals surface area contributed by atoms with Crippen LogP contribution < -0.4 is 0 Å². The van der Waals surface area contributed by atoms with Crippen molar-refractivity contribution >= 4 is 45.8 Å². The first-order valence-corrected chi connectivity index (χ1v) is 7.78. The third kappa shape index (κ3) is 2.89. The number of hydrogen-bond donors (Lipinski definition) is 0. The summed E-state index contributed by atoms with van der Waals surface area (Å²) < 4.78 is 2.06. The second-order valence-electron chi connectivity index (χ2n) is 4.91. The molecule has 2 nitrogen and oxygen atoms in total. The van der Waals surface area contributed by atoms with E-state index in [0.29, 0.717) is 16.6 Å². The number of halogens is 3. The van der Waals surface area contributed by atoms with E-state index in [1.54, 1.807) is 0 Å². The zero-order valence-electron chi connectivity index (χ0n) is 11.4. The van der Waals surface area contributed by atoms with Crippen LogP contribution in [0.3, 0.4) is 0 Å². The molecule has 3 aromatic rings. The average molecular weight is 340 g/mol. The van der Waals surface area contributed by atoms with E-state index in [1.165, 1.54) is 0 Å². The fourth-order valence-electron chi connectivity index (χ4n) is 2.44. The first-order chi connectivity index (χ1) is 10.1. The molecule has 0 spiro atoms. The van der Waals surface area contributed by atoms with Crippen LogP contribution in [0.4, 0.5) is 0 Å². The van der Waals surface area contributed by atoms with Crippen molar-refractivity contribution in [2.24, 2.45) is 0 Å². The highest BCUT2D eigenvalue weighted by atomic mass is 35.5. The van der Waals surface area contributed by atoms with Crippen molar-refractivity contribution in [3.05, 3.63) is 63.9 Å². The number of hydrogen-bond acceptors (Lipinski definition) is 1. The average Bonchev–Trinajstić information content (AvgIpc) is 2.79. The Bertz CT molecular complexity index is 793. The van der Waals surface area contributed by atoms with Crippen LogP contribution in [0.5, 0.6) is 0 Å². The predicted octanol–water partition coefficient (Wildman–Crippen LogP) is 5.69. The highest BCUT2D eigenvalue weighted by molar-refractivity contribution is 6.35. The predicted molar refractivity (Wildman–Crippen MR) is 89.6 cm³/mol. The molecule has 0 bridgehead atoms. The zero-order valence-corrected chi connectivity index (χ0v) is 13.6. The molecule has 21 heavy (non-hydrogen) atoms. The van der Waals surface area contributed by atoms with Crippen LogP contribution in [0.15, 0.2) is 42.5 Å². The summed E-state index contributed by atoms with van der Waals surface area (Å²) in [6.07, 6.45) is 0. The summed E-state index contributed by atoms with van der Waals surface area (Å²) in [5.74, 6) is 0.805. The molecule has 1 heterocycles. The van der Waals surface area contributed by atoms with Crippen LogP contribution >= 0.6 is 34.8 Å². The summed E-state index contributed by atoms with van der Waals surface area (Å²) in [6, 6.07) is 13.5. The monoisotopic (exact) mass is 338 g/mol. The van der Waals surface area contributed by atoms with Crippen LogP contribution in [-0.2, 0) is 6.54 Å². The molecule has 0 aliphatic carbocycles. The summed E-state index contributed by atoms with van der Waals surface area (Å²) in [5.41, 5.74) is 2.84. The van der Waals surface area contributed by atoms with Crippen molar-refractivity contribution < 1.29 is 0 Å². The molecule has 2 aromatic carbocycles. The van der Waals surface area contributed by atoms with Gasteiger partial charge in [0.05, 0.1) is 21.4 Å². The van der Waals surface area contributed by atoms with Gasteiger partial charge in [-0.15, -0.1) is 11.6 Å². The number of fused-ring (bicyclic) bond motifs is 1. The molecular weight excluding hydrogens is 327 g/mol. The fraction of sp³-hybridized carbons (Fsp3) is 0.188. The quantitative estimate of drug-likeness (QED) is 0.560. The van der Waals surface area contributed by atoms with E-state index in [2.05, 4.69) is 9.55 Å². The number of alkyl halides is 1. The summed E-state index contributed by atoms with van der Waals surface area (Å²) in [7, 11) is 0. The van der Waals surface area contributed by atoms with E-state index in [0.717, 1.165) is 22.4 Å². The Morgan fingerprint density at radius 3 is 2.62 bits per heavy atom. The van der Waals surface area contributed by atoms with Gasteiger partial charge in [0.1, 0.15) is 5.82 Å². The minimum absolute atomic E-state index is 0.201. The van der Waals surface area contributed by atoms with Gasteiger partial charge in [-0.3, -0.25) is 0 Å². The largest absolute Gasteiger partial charge is 0.321 e. The first-order valence-electron chi connectivity index (χ1n) is 6.59. The van der Waals surface area contributed by atoms with Gasteiger partial charge in [-0.2, -0.15) is 0 Å². The van der Waals surface area contributed by atoms with E-state index >= 15 is 0 Å². The molecule has 0 N–H and O–H groups in total. The molecular formula is C16H13Cl3N2. The molecule has 1 atom stereocenters. The van der Waals surface area contributed by atoms with Crippen LogP contribution in [-0.4, -0.2) is 9.55 Å². The number of imidazole rings is 1. The van der Waals surface area contributed by atoms with Crippen LogP contribution in [0.2, 0.25) is 10.0 Å². The van der Waals surface area contributed by atoms with Gasteiger partial charge in [0, 0.05) is 11.6 Å². The van der Waals surface area contributed by atoms with E-state index in [1.807, 2.05) is 49.4 Å². The zero-order chi connectivity index (χ0) is 15.0. The lowest BCUT2D eigenvalue weighted by molar-refractivity contribution is 0.743. The number of nitrogens with zero attached hydrogens (tertiary/aromatic N) is 2. The van der Waals surface area contributed by atoms with Gasteiger partial charge in [0.25, 0.3) is 0 Å². The Hall–Kier alpha value is -1.22. The van der Waals surface area contributed by atoms with E-state index in [-0.39, 0.29) is 5.38 Å². The minimum Gasteiger partial charge on any atom is -0.321 e. The molecule has 0 saturated heterocycles. The lowest BCUT2D eigenvalue weighted by Crippen LogP contribution is -2.06. The van der Waals surface area contributed by atoms with Crippen molar-refractivity contribution in [2.75, 3.05) is 0 Å². The van der Waals surface area contributed by atoms with E-state index in [9.17, 15) is 0 Å². The van der Waals surface area contributed by atoms with Gasteiger partial charge in [0.2, 0.25) is 0 Å². The Kier molecular flexibility index (Phi) is 4.12. The Balaban J connectivity index is 2.17. The molecule has 1 aromatic heterocycles. The van der Waals surface area contributed by atoms with E-state index in [4.69, 9.17) is 34.8 Å². The third-order valence-corrected chi connectivity index (χ3v) is 4.07. The lowest BCUT2D eigenvalue weighted by Gasteiger charge is -2.11. The molecule has 0 radical (unpaired) electrons. The topological polar surface area (TPSA) is 17.8 Å². The van der Waals surface area contributed by atoms with Gasteiger partial charge in [-0.05, 0) is 36.8 Å². The Labute approximate surface area is 138 Å². The lowest BCUT2D eigenvalue weighted by atomic mass is 10.2. The first kappa shape index (κ1) is 14.7.